The second-order valence-electron chi connectivity index (χ2n) is 7.90. The highest BCUT2D eigenvalue weighted by Gasteiger charge is 2.39. The second kappa shape index (κ2) is 11.7. The van der Waals surface area contributed by atoms with Crippen molar-refractivity contribution < 1.29 is 37.4 Å². The third kappa shape index (κ3) is 7.77. The van der Waals surface area contributed by atoms with Crippen molar-refractivity contribution in [2.75, 3.05) is 26.2 Å². The Hall–Kier alpha value is -3.08. The van der Waals surface area contributed by atoms with Crippen LogP contribution in [0.1, 0.15) is 36.5 Å². The molecule has 1 saturated heterocycles. The second-order valence-corrected chi connectivity index (χ2v) is 7.90. The highest BCUT2D eigenvalue weighted by molar-refractivity contribution is 5.97. The number of carbonyl (C=O) groups excluding carboxylic acids is 2. The lowest BCUT2D eigenvalue weighted by molar-refractivity contribution is -0.192. The van der Waals surface area contributed by atoms with Crippen molar-refractivity contribution in [2.45, 2.75) is 38.4 Å². The summed E-state index contributed by atoms with van der Waals surface area (Å²) in [7, 11) is 0. The highest BCUT2D eigenvalue weighted by Crippen LogP contribution is 2.33. The van der Waals surface area contributed by atoms with Gasteiger partial charge in [-0.15, -0.1) is 0 Å². The largest absolute Gasteiger partial charge is 0.490 e. The number of nitrogens with one attached hydrogen (secondary N) is 3. The van der Waals surface area contributed by atoms with E-state index in [1.54, 1.807) is 12.1 Å². The number of carboxylic acids is 1. The number of allylic oxidation sites excluding steroid dienone is 1. The van der Waals surface area contributed by atoms with Crippen molar-refractivity contribution in [2.24, 2.45) is 5.41 Å². The van der Waals surface area contributed by atoms with E-state index in [-0.39, 0.29) is 23.3 Å². The van der Waals surface area contributed by atoms with Crippen LogP contribution in [-0.4, -0.2) is 61.3 Å². The molecule has 3 rings (SSSR count). The minimum absolute atomic E-state index is 0.0723. The van der Waals surface area contributed by atoms with Crippen LogP contribution in [0.2, 0.25) is 0 Å². The summed E-state index contributed by atoms with van der Waals surface area (Å²) in [5.74, 6) is -2.31. The Morgan fingerprint density at radius 2 is 1.79 bits per heavy atom. The van der Waals surface area contributed by atoms with E-state index in [1.807, 2.05) is 31.2 Å². The van der Waals surface area contributed by atoms with Crippen LogP contribution in [0, 0.1) is 5.41 Å². The number of benzene rings is 1. The first-order valence-electron chi connectivity index (χ1n) is 10.5. The predicted molar refractivity (Wildman–Crippen MR) is 114 cm³/mol. The molecule has 182 valence electrons. The van der Waals surface area contributed by atoms with Gasteiger partial charge in [-0.25, -0.2) is 4.79 Å². The quantitative estimate of drug-likeness (QED) is 0.432. The maximum absolute atomic E-state index is 12.9. The SMILES string of the molecule is C[C@H]1CNC(=O)C2(C/C=C\COc3ccccc3C(=O)N1)CCNCC2.O=C(O)C(F)(F)F. The molecule has 2 amide bonds. The topological polar surface area (TPSA) is 117 Å². The van der Waals surface area contributed by atoms with E-state index in [1.165, 1.54) is 0 Å². The minimum Gasteiger partial charge on any atom is -0.489 e. The molecule has 1 aromatic carbocycles. The lowest BCUT2D eigenvalue weighted by atomic mass is 9.75. The third-order valence-corrected chi connectivity index (χ3v) is 5.37. The van der Waals surface area contributed by atoms with Gasteiger partial charge in [0.2, 0.25) is 5.91 Å². The van der Waals surface area contributed by atoms with Crippen molar-refractivity contribution in [1.29, 1.82) is 0 Å². The fourth-order valence-corrected chi connectivity index (χ4v) is 3.51. The monoisotopic (exact) mass is 471 g/mol. The standard InChI is InChI=1S/C20H27N3O3.C2HF3O2/c1-15-14-22-19(25)20(9-11-21-12-10-20)8-4-5-13-26-17-7-3-2-6-16(17)18(24)23-15;3-2(4,5)1(6)7/h2-7,15,21H,8-14H2,1H3,(H,22,25)(H,23,24);(H,6,7)/b5-4-;/t15-;/m0./s1. The molecule has 0 saturated carbocycles. The average Bonchev–Trinajstić information content (AvgIpc) is 2.77. The number of fused-ring (bicyclic) bond motifs is 1. The number of ether oxygens (including phenoxy) is 1. The fourth-order valence-electron chi connectivity index (χ4n) is 3.51. The first-order chi connectivity index (χ1) is 15.5. The number of carbonyl (C=O) groups is 3. The van der Waals surface area contributed by atoms with E-state index in [2.05, 4.69) is 16.0 Å². The van der Waals surface area contributed by atoms with Gasteiger partial charge in [0.1, 0.15) is 12.4 Å². The number of rotatable bonds is 0. The minimum atomic E-state index is -5.08. The molecular weight excluding hydrogens is 443 g/mol. The van der Waals surface area contributed by atoms with Gasteiger partial charge < -0.3 is 25.8 Å². The lowest BCUT2D eigenvalue weighted by Gasteiger charge is -2.36. The summed E-state index contributed by atoms with van der Waals surface area (Å²) in [6.45, 7) is 4.36. The molecule has 11 heteroatoms. The molecule has 0 bridgehead atoms. The van der Waals surface area contributed by atoms with E-state index >= 15 is 0 Å². The number of amides is 2. The van der Waals surface area contributed by atoms with Crippen molar-refractivity contribution in [3.8, 4) is 5.75 Å². The van der Waals surface area contributed by atoms with Crippen LogP contribution in [0.25, 0.3) is 0 Å². The molecule has 0 unspecified atom stereocenters. The Morgan fingerprint density at radius 1 is 1.15 bits per heavy atom. The van der Waals surface area contributed by atoms with E-state index < -0.39 is 12.1 Å². The number of aliphatic carboxylic acids is 1. The van der Waals surface area contributed by atoms with Crippen LogP contribution in [0.5, 0.6) is 5.75 Å². The first-order valence-corrected chi connectivity index (χ1v) is 10.5. The zero-order valence-corrected chi connectivity index (χ0v) is 18.2. The van der Waals surface area contributed by atoms with Gasteiger partial charge in [-0.1, -0.05) is 24.3 Å². The normalized spacial score (nSPS) is 22.2. The van der Waals surface area contributed by atoms with E-state index in [9.17, 15) is 22.8 Å². The number of carboxylic acid groups (broad SMARTS) is 1. The molecule has 1 spiro atoms. The molecule has 2 aliphatic rings. The molecule has 0 aliphatic carbocycles. The Morgan fingerprint density at radius 3 is 2.42 bits per heavy atom. The van der Waals surface area contributed by atoms with Gasteiger partial charge in [-0.2, -0.15) is 13.2 Å². The Kier molecular flexibility index (Phi) is 9.27. The predicted octanol–water partition coefficient (Wildman–Crippen LogP) is 2.26. The van der Waals surface area contributed by atoms with Crippen LogP contribution in [0.4, 0.5) is 13.2 Å². The van der Waals surface area contributed by atoms with Gasteiger partial charge in [0.25, 0.3) is 5.91 Å². The van der Waals surface area contributed by atoms with Gasteiger partial charge in [0.05, 0.1) is 11.0 Å². The van der Waals surface area contributed by atoms with Crippen LogP contribution in [0.3, 0.4) is 0 Å². The molecule has 1 atom stereocenters. The van der Waals surface area contributed by atoms with Gasteiger partial charge in [-0.05, 0) is 51.4 Å². The highest BCUT2D eigenvalue weighted by atomic mass is 19.4. The molecule has 0 radical (unpaired) electrons. The summed E-state index contributed by atoms with van der Waals surface area (Å²) in [6.07, 6.45) is 1.20. The Balaban J connectivity index is 0.000000479. The van der Waals surface area contributed by atoms with Crippen LogP contribution >= 0.6 is 0 Å². The van der Waals surface area contributed by atoms with Gasteiger partial charge in [0, 0.05) is 12.6 Å². The van der Waals surface area contributed by atoms with Crippen molar-refractivity contribution in [3.63, 3.8) is 0 Å². The lowest BCUT2D eigenvalue weighted by Crippen LogP contribution is -2.50. The zero-order valence-electron chi connectivity index (χ0n) is 18.2. The molecule has 0 aromatic heterocycles. The zero-order chi connectivity index (χ0) is 24.5. The van der Waals surface area contributed by atoms with E-state index in [0.29, 0.717) is 30.9 Å². The third-order valence-electron chi connectivity index (χ3n) is 5.37. The molecule has 1 fully saturated rings. The van der Waals surface area contributed by atoms with Gasteiger partial charge in [-0.3, -0.25) is 9.59 Å². The molecule has 2 aliphatic heterocycles. The summed E-state index contributed by atoms with van der Waals surface area (Å²) in [5.41, 5.74) is 0.124. The molecule has 2 heterocycles. The van der Waals surface area contributed by atoms with Gasteiger partial charge >= 0.3 is 12.1 Å². The van der Waals surface area contributed by atoms with E-state index in [4.69, 9.17) is 14.6 Å². The number of alkyl halides is 3. The number of hydrogen-bond donors (Lipinski definition) is 4. The molecule has 33 heavy (non-hydrogen) atoms. The fraction of sp³-hybridized carbons (Fsp3) is 0.500. The van der Waals surface area contributed by atoms with Crippen LogP contribution < -0.4 is 20.7 Å². The summed E-state index contributed by atoms with van der Waals surface area (Å²) < 4.78 is 37.5. The first kappa shape index (κ1) is 26.2. The smallest absolute Gasteiger partial charge is 0.489 e. The molecular formula is C22H28F3N3O5. The molecule has 8 nitrogen and oxygen atoms in total. The number of piperidine rings is 1. The molecule has 1 aromatic rings. The van der Waals surface area contributed by atoms with E-state index in [0.717, 1.165) is 25.9 Å². The summed E-state index contributed by atoms with van der Waals surface area (Å²) >= 11 is 0. The maximum atomic E-state index is 12.9. The van der Waals surface area contributed by atoms with Crippen molar-refractivity contribution >= 4 is 17.8 Å². The molecule has 4 N–H and O–H groups in total. The Labute approximate surface area is 189 Å². The summed E-state index contributed by atoms with van der Waals surface area (Å²) in [6, 6.07) is 7.04. The summed E-state index contributed by atoms with van der Waals surface area (Å²) in [4.78, 5) is 34.3. The van der Waals surface area contributed by atoms with Crippen LogP contribution in [-0.2, 0) is 9.59 Å². The number of para-hydroxylation sites is 1. The summed E-state index contributed by atoms with van der Waals surface area (Å²) in [5, 5.41) is 16.4. The van der Waals surface area contributed by atoms with Gasteiger partial charge in [0.15, 0.2) is 0 Å². The average molecular weight is 471 g/mol. The maximum Gasteiger partial charge on any atom is 0.490 e. The van der Waals surface area contributed by atoms with Crippen molar-refractivity contribution in [3.05, 3.63) is 42.0 Å². The van der Waals surface area contributed by atoms with Crippen molar-refractivity contribution in [1.82, 2.24) is 16.0 Å². The number of hydrogen-bond acceptors (Lipinski definition) is 5. The van der Waals surface area contributed by atoms with Crippen LogP contribution in [0.15, 0.2) is 36.4 Å². The Bertz CT molecular complexity index is 867. The number of halogens is 3.